The minimum atomic E-state index is -3.07. The van der Waals surface area contributed by atoms with Crippen LogP contribution in [0.4, 0.5) is 0 Å². The summed E-state index contributed by atoms with van der Waals surface area (Å²) in [5.41, 5.74) is 2.72. The number of hydrogen-bond donors (Lipinski definition) is 0. The average molecular weight is 609 g/mol. The van der Waals surface area contributed by atoms with E-state index in [1.807, 2.05) is 0 Å². The molecule has 0 unspecified atom stereocenters. The van der Waals surface area contributed by atoms with Gasteiger partial charge in [0.05, 0.1) is 13.2 Å². The van der Waals surface area contributed by atoms with Gasteiger partial charge in [0.2, 0.25) is 0 Å². The van der Waals surface area contributed by atoms with Crippen LogP contribution in [0.1, 0.15) is 36.8 Å². The molecular weight excluding hydrogens is 571 g/mol. The monoisotopic (exact) mass is 608 g/mol. The second-order valence-corrected chi connectivity index (χ2v) is 14.6. The Balaban J connectivity index is 0.824. The van der Waals surface area contributed by atoms with E-state index in [1.165, 1.54) is 75.8 Å². The van der Waals surface area contributed by atoms with Crippen LogP contribution in [0.2, 0.25) is 0 Å². The van der Waals surface area contributed by atoms with Crippen LogP contribution in [0, 0.1) is 0 Å². The fourth-order valence-electron chi connectivity index (χ4n) is 7.36. The molecule has 224 valence electrons. The molecule has 0 aromatic heterocycles. The summed E-state index contributed by atoms with van der Waals surface area (Å²) in [6.07, 6.45) is 5.58. The first-order chi connectivity index (χ1) is 22.1. The molecule has 0 aliphatic heterocycles. The van der Waals surface area contributed by atoms with Gasteiger partial charge in [0, 0.05) is 6.66 Å². The Morgan fingerprint density at radius 3 is 1.22 bits per heavy atom. The maximum absolute atomic E-state index is 13.0. The molecule has 0 bridgehead atoms. The second-order valence-electron chi connectivity index (χ2n) is 12.5. The standard InChI is InChI=1S/C41H37O3P/c1-45(42,43-26-4-2-8-28-14-16-34-20-18-30-10-6-12-32-22-24-36(28)40(34)38(30)32)44-27-5-3-9-29-15-17-35-21-19-31-11-7-13-33-23-25-37(29)41(35)39(31)33/h6-7,10-25H,2-5,8-9,26-27H2,1H3. The number of rotatable bonds is 12. The van der Waals surface area contributed by atoms with Crippen LogP contribution >= 0.6 is 7.60 Å². The van der Waals surface area contributed by atoms with Crippen molar-refractivity contribution in [2.24, 2.45) is 0 Å². The van der Waals surface area contributed by atoms with Crippen molar-refractivity contribution in [2.75, 3.05) is 19.9 Å². The van der Waals surface area contributed by atoms with Crippen LogP contribution in [-0.2, 0) is 26.5 Å². The van der Waals surface area contributed by atoms with Crippen LogP contribution in [0.15, 0.2) is 109 Å². The van der Waals surface area contributed by atoms with Gasteiger partial charge in [-0.1, -0.05) is 109 Å². The van der Waals surface area contributed by atoms with Gasteiger partial charge in [0.1, 0.15) is 0 Å². The topological polar surface area (TPSA) is 35.5 Å². The Kier molecular flexibility index (Phi) is 7.42. The minimum absolute atomic E-state index is 0.447. The maximum atomic E-state index is 13.0. The molecule has 8 aromatic carbocycles. The van der Waals surface area contributed by atoms with Crippen molar-refractivity contribution in [3.8, 4) is 0 Å². The van der Waals surface area contributed by atoms with Gasteiger partial charge in [-0.05, 0) is 114 Å². The molecule has 0 saturated heterocycles. The first-order valence-electron chi connectivity index (χ1n) is 16.2. The Morgan fingerprint density at radius 1 is 0.444 bits per heavy atom. The molecule has 3 nitrogen and oxygen atoms in total. The minimum Gasteiger partial charge on any atom is -0.309 e. The van der Waals surface area contributed by atoms with Gasteiger partial charge < -0.3 is 9.05 Å². The third-order valence-corrected chi connectivity index (χ3v) is 10.9. The molecule has 4 heteroatoms. The van der Waals surface area contributed by atoms with E-state index >= 15 is 0 Å². The predicted octanol–water partition coefficient (Wildman–Crippen LogP) is 11.7. The van der Waals surface area contributed by atoms with E-state index in [0.29, 0.717) is 13.2 Å². The smallest absolute Gasteiger partial charge is 0.309 e. The zero-order chi connectivity index (χ0) is 30.4. The summed E-state index contributed by atoms with van der Waals surface area (Å²) < 4.78 is 24.5. The molecule has 0 heterocycles. The first kappa shape index (κ1) is 28.5. The molecule has 8 aromatic rings. The molecule has 0 atom stereocenters. The third-order valence-electron chi connectivity index (χ3n) is 9.57. The van der Waals surface area contributed by atoms with Crippen molar-refractivity contribution in [1.29, 1.82) is 0 Å². The molecule has 0 aliphatic rings. The SMILES string of the molecule is CP(=O)(OCCCCc1ccc2ccc3cccc4ccc1c2c34)OCCCCc1ccc2ccc3cccc4ccc1c2c34. The van der Waals surface area contributed by atoms with Gasteiger partial charge in [-0.2, -0.15) is 0 Å². The highest BCUT2D eigenvalue weighted by molar-refractivity contribution is 7.52. The van der Waals surface area contributed by atoms with Crippen molar-refractivity contribution in [3.05, 3.63) is 120 Å². The summed E-state index contributed by atoms with van der Waals surface area (Å²) in [7, 11) is -3.07. The Bertz CT molecular complexity index is 2150. The number of aryl methyl sites for hydroxylation is 2. The van der Waals surface area contributed by atoms with Crippen molar-refractivity contribution >= 4 is 72.2 Å². The number of benzene rings is 8. The molecule has 45 heavy (non-hydrogen) atoms. The molecule has 0 spiro atoms. The second kappa shape index (κ2) is 11.7. The van der Waals surface area contributed by atoms with Crippen LogP contribution in [0.25, 0.3) is 64.6 Å². The zero-order valence-electron chi connectivity index (χ0n) is 25.7. The zero-order valence-corrected chi connectivity index (χ0v) is 26.6. The van der Waals surface area contributed by atoms with Gasteiger partial charge in [-0.25, -0.2) is 0 Å². The van der Waals surface area contributed by atoms with E-state index in [1.54, 1.807) is 6.66 Å². The van der Waals surface area contributed by atoms with E-state index in [9.17, 15) is 4.57 Å². The normalized spacial score (nSPS) is 12.6. The predicted molar refractivity (Wildman–Crippen MR) is 192 cm³/mol. The third kappa shape index (κ3) is 5.34. The molecule has 0 fully saturated rings. The summed E-state index contributed by atoms with van der Waals surface area (Å²) in [5, 5.41) is 15.9. The molecule has 0 saturated carbocycles. The van der Waals surface area contributed by atoms with Gasteiger partial charge >= 0.3 is 7.60 Å². The summed E-state index contributed by atoms with van der Waals surface area (Å²) in [5.74, 6) is 0. The van der Waals surface area contributed by atoms with Crippen LogP contribution < -0.4 is 0 Å². The Morgan fingerprint density at radius 2 is 0.800 bits per heavy atom. The van der Waals surface area contributed by atoms with Gasteiger partial charge in [0.15, 0.2) is 0 Å². The van der Waals surface area contributed by atoms with E-state index in [2.05, 4.69) is 109 Å². The van der Waals surface area contributed by atoms with E-state index < -0.39 is 7.60 Å². The maximum Gasteiger partial charge on any atom is 0.327 e. The first-order valence-corrected chi connectivity index (χ1v) is 18.2. The molecule has 0 amide bonds. The lowest BCUT2D eigenvalue weighted by molar-refractivity contribution is 0.203. The Hall–Kier alpha value is -4.01. The molecule has 0 N–H and O–H groups in total. The molecule has 0 radical (unpaired) electrons. The van der Waals surface area contributed by atoms with E-state index in [-0.39, 0.29) is 0 Å². The fourth-order valence-corrected chi connectivity index (χ4v) is 8.36. The van der Waals surface area contributed by atoms with Crippen LogP contribution in [0.5, 0.6) is 0 Å². The summed E-state index contributed by atoms with van der Waals surface area (Å²) >= 11 is 0. The lowest BCUT2D eigenvalue weighted by atomic mass is 9.91. The quantitative estimate of drug-likeness (QED) is 0.0786. The molecular formula is C41H37O3P. The van der Waals surface area contributed by atoms with Gasteiger partial charge in [-0.3, -0.25) is 4.57 Å². The Labute approximate surface area is 264 Å². The average Bonchev–Trinajstić information content (AvgIpc) is 3.06. The van der Waals surface area contributed by atoms with E-state index in [0.717, 1.165) is 38.5 Å². The summed E-state index contributed by atoms with van der Waals surface area (Å²) in [4.78, 5) is 0. The van der Waals surface area contributed by atoms with Crippen molar-refractivity contribution < 1.29 is 13.6 Å². The highest BCUT2D eigenvalue weighted by Gasteiger charge is 2.17. The summed E-state index contributed by atoms with van der Waals surface area (Å²) in [6.45, 7) is 2.50. The highest BCUT2D eigenvalue weighted by Crippen LogP contribution is 2.44. The molecule has 8 rings (SSSR count). The lowest BCUT2D eigenvalue weighted by Gasteiger charge is -2.16. The number of hydrogen-bond acceptors (Lipinski definition) is 3. The van der Waals surface area contributed by atoms with Gasteiger partial charge in [0.25, 0.3) is 0 Å². The van der Waals surface area contributed by atoms with Crippen LogP contribution in [-0.4, -0.2) is 19.9 Å². The highest BCUT2D eigenvalue weighted by atomic mass is 31.2. The van der Waals surface area contributed by atoms with Crippen LogP contribution in [0.3, 0.4) is 0 Å². The fraction of sp³-hybridized carbons (Fsp3) is 0.220. The van der Waals surface area contributed by atoms with Crippen molar-refractivity contribution in [3.63, 3.8) is 0 Å². The van der Waals surface area contributed by atoms with Gasteiger partial charge in [-0.15, -0.1) is 0 Å². The van der Waals surface area contributed by atoms with Crippen molar-refractivity contribution in [1.82, 2.24) is 0 Å². The molecule has 0 aliphatic carbocycles. The lowest BCUT2D eigenvalue weighted by Crippen LogP contribution is -2.00. The number of unbranched alkanes of at least 4 members (excludes halogenated alkanes) is 2. The summed E-state index contributed by atoms with van der Waals surface area (Å²) in [6, 6.07) is 40.0. The van der Waals surface area contributed by atoms with Crippen molar-refractivity contribution in [2.45, 2.75) is 38.5 Å². The largest absolute Gasteiger partial charge is 0.327 e. The van der Waals surface area contributed by atoms with E-state index in [4.69, 9.17) is 9.05 Å².